The minimum atomic E-state index is -1.08. The summed E-state index contributed by atoms with van der Waals surface area (Å²) in [4.78, 5) is 23.5. The van der Waals surface area contributed by atoms with E-state index in [0.717, 1.165) is 19.3 Å². The molecule has 5 heteroatoms. The minimum absolute atomic E-state index is 0.260. The van der Waals surface area contributed by atoms with Gasteiger partial charge in [-0.25, -0.2) is 4.79 Å². The SMILES string of the molecule is CC1CCCC(NC(=O)[C@@H]2CCCO2)(C(=O)O)C1. The Morgan fingerprint density at radius 3 is 2.67 bits per heavy atom. The predicted octanol–water partition coefficient (Wildman–Crippen LogP) is 1.32. The van der Waals surface area contributed by atoms with Crippen molar-refractivity contribution in [2.24, 2.45) is 5.92 Å². The fourth-order valence-corrected chi connectivity index (χ4v) is 3.01. The number of nitrogens with one attached hydrogen (secondary N) is 1. The second-order valence-corrected chi connectivity index (χ2v) is 5.58. The summed E-state index contributed by atoms with van der Waals surface area (Å²) in [6.45, 7) is 2.63. The van der Waals surface area contributed by atoms with Gasteiger partial charge in [0.25, 0.3) is 0 Å². The summed E-state index contributed by atoms with van der Waals surface area (Å²) in [5, 5.41) is 12.2. The van der Waals surface area contributed by atoms with E-state index in [-0.39, 0.29) is 5.91 Å². The lowest BCUT2D eigenvalue weighted by atomic mass is 9.76. The Bertz CT molecular complexity index is 338. The average molecular weight is 255 g/mol. The molecular formula is C13H21NO4. The van der Waals surface area contributed by atoms with Crippen molar-refractivity contribution in [1.82, 2.24) is 5.32 Å². The zero-order valence-corrected chi connectivity index (χ0v) is 10.8. The van der Waals surface area contributed by atoms with Crippen LogP contribution in [0.3, 0.4) is 0 Å². The monoisotopic (exact) mass is 255 g/mol. The van der Waals surface area contributed by atoms with Gasteiger partial charge in [-0.2, -0.15) is 0 Å². The molecule has 0 spiro atoms. The summed E-state index contributed by atoms with van der Waals surface area (Å²) < 4.78 is 5.30. The summed E-state index contributed by atoms with van der Waals surface area (Å²) in [6.07, 6.45) is 4.01. The van der Waals surface area contributed by atoms with Gasteiger partial charge in [-0.15, -0.1) is 0 Å². The molecular weight excluding hydrogens is 234 g/mol. The van der Waals surface area contributed by atoms with Gasteiger partial charge in [-0.1, -0.05) is 19.8 Å². The molecule has 2 fully saturated rings. The predicted molar refractivity (Wildman–Crippen MR) is 65.1 cm³/mol. The van der Waals surface area contributed by atoms with Crippen LogP contribution in [-0.2, 0) is 14.3 Å². The number of hydrogen-bond donors (Lipinski definition) is 2. The third kappa shape index (κ3) is 2.66. The first-order valence-electron chi connectivity index (χ1n) is 6.70. The van der Waals surface area contributed by atoms with E-state index in [1.54, 1.807) is 0 Å². The molecule has 2 aliphatic rings. The maximum Gasteiger partial charge on any atom is 0.329 e. The molecule has 1 heterocycles. The van der Waals surface area contributed by atoms with Crippen LogP contribution in [-0.4, -0.2) is 35.2 Å². The van der Waals surface area contributed by atoms with Gasteiger partial charge < -0.3 is 15.2 Å². The first-order valence-corrected chi connectivity index (χ1v) is 6.70. The molecule has 1 saturated heterocycles. The van der Waals surface area contributed by atoms with E-state index in [0.29, 0.717) is 31.8 Å². The van der Waals surface area contributed by atoms with E-state index >= 15 is 0 Å². The summed E-state index contributed by atoms with van der Waals surface area (Å²) >= 11 is 0. The highest BCUT2D eigenvalue weighted by Gasteiger charge is 2.44. The topological polar surface area (TPSA) is 75.6 Å². The van der Waals surface area contributed by atoms with Crippen molar-refractivity contribution in [3.8, 4) is 0 Å². The molecule has 1 amide bonds. The molecule has 0 aromatic rings. The van der Waals surface area contributed by atoms with E-state index in [4.69, 9.17) is 4.74 Å². The number of carboxylic acids is 1. The minimum Gasteiger partial charge on any atom is -0.480 e. The summed E-state index contributed by atoms with van der Waals surface area (Å²) in [6, 6.07) is 0. The van der Waals surface area contributed by atoms with Crippen LogP contribution in [0.1, 0.15) is 45.4 Å². The lowest BCUT2D eigenvalue weighted by molar-refractivity contribution is -0.151. The van der Waals surface area contributed by atoms with Crippen molar-refractivity contribution >= 4 is 11.9 Å². The van der Waals surface area contributed by atoms with Crippen molar-refractivity contribution in [1.29, 1.82) is 0 Å². The number of carbonyl (C=O) groups is 2. The Labute approximate surface area is 107 Å². The van der Waals surface area contributed by atoms with Gasteiger partial charge in [-0.05, 0) is 31.6 Å². The van der Waals surface area contributed by atoms with Crippen molar-refractivity contribution in [3.63, 3.8) is 0 Å². The van der Waals surface area contributed by atoms with Gasteiger partial charge in [-0.3, -0.25) is 4.79 Å². The number of amides is 1. The van der Waals surface area contributed by atoms with E-state index in [9.17, 15) is 14.7 Å². The molecule has 102 valence electrons. The van der Waals surface area contributed by atoms with Crippen LogP contribution in [0.2, 0.25) is 0 Å². The van der Waals surface area contributed by atoms with E-state index in [1.807, 2.05) is 6.92 Å². The Balaban J connectivity index is 2.05. The largest absolute Gasteiger partial charge is 0.480 e. The van der Waals surface area contributed by atoms with E-state index in [1.165, 1.54) is 0 Å². The quantitative estimate of drug-likeness (QED) is 0.797. The molecule has 2 N–H and O–H groups in total. The lowest BCUT2D eigenvalue weighted by Gasteiger charge is -2.37. The Kier molecular flexibility index (Phi) is 3.90. The zero-order chi connectivity index (χ0) is 13.2. The van der Waals surface area contributed by atoms with Crippen molar-refractivity contribution in [3.05, 3.63) is 0 Å². The number of aliphatic carboxylic acids is 1. The Morgan fingerprint density at radius 1 is 1.33 bits per heavy atom. The normalized spacial score (nSPS) is 36.3. The molecule has 2 rings (SSSR count). The van der Waals surface area contributed by atoms with Crippen LogP contribution in [0.5, 0.6) is 0 Å². The number of rotatable bonds is 3. The summed E-state index contributed by atoms with van der Waals surface area (Å²) in [5.41, 5.74) is -1.08. The van der Waals surface area contributed by atoms with Crippen LogP contribution in [0, 0.1) is 5.92 Å². The van der Waals surface area contributed by atoms with Crippen molar-refractivity contribution in [2.45, 2.75) is 57.1 Å². The summed E-state index contributed by atoms with van der Waals surface area (Å²) in [5.74, 6) is -0.843. The smallest absolute Gasteiger partial charge is 0.329 e. The van der Waals surface area contributed by atoms with Gasteiger partial charge in [0, 0.05) is 6.61 Å². The molecule has 0 aromatic carbocycles. The second-order valence-electron chi connectivity index (χ2n) is 5.58. The molecule has 5 nitrogen and oxygen atoms in total. The highest BCUT2D eigenvalue weighted by atomic mass is 16.5. The highest BCUT2D eigenvalue weighted by molar-refractivity contribution is 5.89. The maximum absolute atomic E-state index is 12.0. The standard InChI is InChI=1S/C13H21NO4/c1-9-4-2-6-13(8-9,12(16)17)14-11(15)10-5-3-7-18-10/h9-10H,2-8H2,1H3,(H,14,15)(H,16,17)/t9?,10-,13?/m0/s1. The fourth-order valence-electron chi connectivity index (χ4n) is 3.01. The van der Waals surface area contributed by atoms with Crippen LogP contribution in [0.25, 0.3) is 0 Å². The molecule has 1 aliphatic carbocycles. The highest BCUT2D eigenvalue weighted by Crippen LogP contribution is 2.33. The molecule has 0 radical (unpaired) electrons. The zero-order valence-electron chi connectivity index (χ0n) is 10.8. The average Bonchev–Trinajstić information content (AvgIpc) is 2.82. The molecule has 1 aliphatic heterocycles. The maximum atomic E-state index is 12.0. The third-order valence-corrected chi connectivity index (χ3v) is 3.99. The number of carboxylic acid groups (broad SMARTS) is 1. The number of hydrogen-bond acceptors (Lipinski definition) is 3. The van der Waals surface area contributed by atoms with Crippen molar-refractivity contribution < 1.29 is 19.4 Å². The van der Waals surface area contributed by atoms with Crippen LogP contribution in [0.4, 0.5) is 0 Å². The van der Waals surface area contributed by atoms with Gasteiger partial charge in [0.2, 0.25) is 5.91 Å². The Hall–Kier alpha value is -1.10. The molecule has 18 heavy (non-hydrogen) atoms. The second kappa shape index (κ2) is 5.26. The van der Waals surface area contributed by atoms with Gasteiger partial charge in [0.15, 0.2) is 0 Å². The Morgan fingerprint density at radius 2 is 2.11 bits per heavy atom. The van der Waals surface area contributed by atoms with Gasteiger partial charge in [0.05, 0.1) is 0 Å². The molecule has 0 bridgehead atoms. The fraction of sp³-hybridized carbons (Fsp3) is 0.846. The van der Waals surface area contributed by atoms with E-state index in [2.05, 4.69) is 5.32 Å². The molecule has 0 aromatic heterocycles. The van der Waals surface area contributed by atoms with Crippen LogP contribution in [0.15, 0.2) is 0 Å². The molecule has 1 saturated carbocycles. The lowest BCUT2D eigenvalue weighted by Crippen LogP contribution is -2.58. The number of ether oxygens (including phenoxy) is 1. The molecule has 3 atom stereocenters. The third-order valence-electron chi connectivity index (χ3n) is 3.99. The van der Waals surface area contributed by atoms with Gasteiger partial charge >= 0.3 is 5.97 Å². The van der Waals surface area contributed by atoms with Crippen molar-refractivity contribution in [2.75, 3.05) is 6.61 Å². The first kappa shape index (κ1) is 13.3. The van der Waals surface area contributed by atoms with E-state index < -0.39 is 17.6 Å². The molecule has 2 unspecified atom stereocenters. The number of carbonyl (C=O) groups excluding carboxylic acids is 1. The summed E-state index contributed by atoms with van der Waals surface area (Å²) in [7, 11) is 0. The van der Waals surface area contributed by atoms with Crippen LogP contribution >= 0.6 is 0 Å². The van der Waals surface area contributed by atoms with Gasteiger partial charge in [0.1, 0.15) is 11.6 Å². The first-order chi connectivity index (χ1) is 8.53. The van der Waals surface area contributed by atoms with Crippen LogP contribution < -0.4 is 5.32 Å².